The first kappa shape index (κ1) is 21.2. The van der Waals surface area contributed by atoms with E-state index >= 15 is 0 Å². The number of piperazine rings is 1. The molecule has 1 fully saturated rings. The van der Waals surface area contributed by atoms with Crippen LogP contribution >= 0.6 is 15.9 Å². The maximum absolute atomic E-state index is 12.3. The van der Waals surface area contributed by atoms with E-state index in [1.54, 1.807) is 6.20 Å². The third-order valence-electron chi connectivity index (χ3n) is 5.04. The second-order valence-corrected chi connectivity index (χ2v) is 7.75. The number of aryl methyl sites for hydroxylation is 2. The third-order valence-corrected chi connectivity index (χ3v) is 5.52. The van der Waals surface area contributed by atoms with Crippen LogP contribution in [0.5, 0.6) is 0 Å². The third kappa shape index (κ3) is 4.72. The van der Waals surface area contributed by atoms with Crippen LogP contribution in [0.15, 0.2) is 27.6 Å². The maximum atomic E-state index is 12.3. The molecular weight excluding hydrogens is 440 g/mol. The van der Waals surface area contributed by atoms with Crippen LogP contribution in [0.3, 0.4) is 0 Å². The van der Waals surface area contributed by atoms with Crippen LogP contribution in [0.25, 0.3) is 11.1 Å². The van der Waals surface area contributed by atoms with Gasteiger partial charge in [-0.05, 0) is 42.7 Å². The van der Waals surface area contributed by atoms with Crippen LogP contribution in [-0.4, -0.2) is 53.0 Å². The van der Waals surface area contributed by atoms with E-state index in [2.05, 4.69) is 26.1 Å². The second-order valence-electron chi connectivity index (χ2n) is 7.19. The summed E-state index contributed by atoms with van der Waals surface area (Å²) in [4.78, 5) is 39.3. The summed E-state index contributed by atoms with van der Waals surface area (Å²) < 4.78 is 6.50. The largest absolute Gasteiger partial charge is 0.368 e. The standard InChI is InChI=1S/C20H25BrN4O4/c1-13-8-16(17-11-25(29-20(17)28)12-22-15(3)26)9-14(2)19(13)24-6-4-23(5-7-24)18(27)10-21/h8-9,11H,4-7,10,12H2,1-3H3,(H,22,26). The van der Waals surface area contributed by atoms with E-state index in [0.717, 1.165) is 35.5 Å². The maximum Gasteiger partial charge on any atom is 0.365 e. The van der Waals surface area contributed by atoms with Crippen molar-refractivity contribution in [3.05, 3.63) is 39.9 Å². The highest BCUT2D eigenvalue weighted by atomic mass is 79.9. The predicted molar refractivity (Wildman–Crippen MR) is 114 cm³/mol. The van der Waals surface area contributed by atoms with Gasteiger partial charge in [0.1, 0.15) is 6.67 Å². The number of aromatic nitrogens is 1. The number of anilines is 1. The highest BCUT2D eigenvalue weighted by molar-refractivity contribution is 9.09. The number of rotatable bonds is 5. The van der Waals surface area contributed by atoms with Gasteiger partial charge >= 0.3 is 5.63 Å². The lowest BCUT2D eigenvalue weighted by Gasteiger charge is -2.37. The second kappa shape index (κ2) is 8.86. The predicted octanol–water partition coefficient (Wildman–Crippen LogP) is 1.86. The number of hydrogen-bond acceptors (Lipinski definition) is 5. The van der Waals surface area contributed by atoms with Crippen molar-refractivity contribution in [2.75, 3.05) is 36.4 Å². The summed E-state index contributed by atoms with van der Waals surface area (Å²) in [6.07, 6.45) is 1.61. The van der Waals surface area contributed by atoms with Gasteiger partial charge in [-0.3, -0.25) is 9.59 Å². The van der Waals surface area contributed by atoms with E-state index in [0.29, 0.717) is 24.0 Å². The first-order valence-corrected chi connectivity index (χ1v) is 10.6. The average Bonchev–Trinajstić information content (AvgIpc) is 3.06. The zero-order valence-electron chi connectivity index (χ0n) is 16.8. The molecule has 1 aromatic heterocycles. The molecule has 1 N–H and O–H groups in total. The van der Waals surface area contributed by atoms with E-state index in [4.69, 9.17) is 4.52 Å². The summed E-state index contributed by atoms with van der Waals surface area (Å²) in [5, 5.41) is 2.95. The molecule has 1 saturated heterocycles. The Labute approximate surface area is 177 Å². The number of carbonyl (C=O) groups excluding carboxylic acids is 2. The van der Waals surface area contributed by atoms with Crippen molar-refractivity contribution in [2.24, 2.45) is 0 Å². The van der Waals surface area contributed by atoms with Gasteiger partial charge in [0.15, 0.2) is 0 Å². The fourth-order valence-electron chi connectivity index (χ4n) is 3.71. The number of hydrogen-bond donors (Lipinski definition) is 1. The van der Waals surface area contributed by atoms with E-state index in [9.17, 15) is 14.4 Å². The molecule has 0 bridgehead atoms. The zero-order valence-corrected chi connectivity index (χ0v) is 18.4. The SMILES string of the molecule is CC(=O)NCn1cc(-c2cc(C)c(N3CCN(C(=O)CBr)CC3)c(C)c2)c(=O)o1. The van der Waals surface area contributed by atoms with Gasteiger partial charge in [-0.2, -0.15) is 4.74 Å². The van der Waals surface area contributed by atoms with E-state index in [-0.39, 0.29) is 18.5 Å². The molecule has 0 unspecified atom stereocenters. The molecular formula is C20H25BrN4O4. The molecule has 1 aliphatic rings. The smallest absolute Gasteiger partial charge is 0.365 e. The Morgan fingerprint density at radius 3 is 2.31 bits per heavy atom. The van der Waals surface area contributed by atoms with Crippen molar-refractivity contribution >= 4 is 33.4 Å². The lowest BCUT2D eigenvalue weighted by Crippen LogP contribution is -2.49. The fraction of sp³-hybridized carbons (Fsp3) is 0.450. The number of nitrogens with zero attached hydrogens (tertiary/aromatic N) is 3. The number of benzene rings is 1. The highest BCUT2D eigenvalue weighted by Crippen LogP contribution is 2.31. The van der Waals surface area contributed by atoms with E-state index in [1.807, 2.05) is 30.9 Å². The molecule has 0 spiro atoms. The Morgan fingerprint density at radius 2 is 1.76 bits per heavy atom. The molecule has 8 nitrogen and oxygen atoms in total. The fourth-order valence-corrected chi connectivity index (χ4v) is 4.07. The minimum atomic E-state index is -0.441. The number of carbonyl (C=O) groups is 2. The average molecular weight is 465 g/mol. The van der Waals surface area contributed by atoms with Crippen LogP contribution in [-0.2, 0) is 16.3 Å². The summed E-state index contributed by atoms with van der Waals surface area (Å²) >= 11 is 3.23. The summed E-state index contributed by atoms with van der Waals surface area (Å²) in [5.74, 6) is -0.0826. The van der Waals surface area contributed by atoms with Gasteiger partial charge in [0.05, 0.1) is 17.1 Å². The van der Waals surface area contributed by atoms with Gasteiger partial charge in [-0.15, -0.1) is 0 Å². The van der Waals surface area contributed by atoms with Gasteiger partial charge in [0.2, 0.25) is 11.8 Å². The Kier molecular flexibility index (Phi) is 6.46. The van der Waals surface area contributed by atoms with Crippen LogP contribution in [0.2, 0.25) is 0 Å². The number of amides is 2. The minimum Gasteiger partial charge on any atom is -0.368 e. The zero-order chi connectivity index (χ0) is 21.1. The molecule has 2 amide bonds. The summed E-state index contributed by atoms with van der Waals surface area (Å²) in [5.41, 5.74) is 4.07. The topological polar surface area (TPSA) is 87.8 Å². The molecule has 0 atom stereocenters. The molecule has 1 aromatic carbocycles. The molecule has 0 aliphatic carbocycles. The molecule has 156 valence electrons. The lowest BCUT2D eigenvalue weighted by molar-refractivity contribution is -0.128. The lowest BCUT2D eigenvalue weighted by atomic mass is 9.99. The van der Waals surface area contributed by atoms with Crippen molar-refractivity contribution in [3.8, 4) is 11.1 Å². The van der Waals surface area contributed by atoms with E-state index < -0.39 is 5.63 Å². The van der Waals surface area contributed by atoms with Gasteiger partial charge < -0.3 is 19.6 Å². The quantitative estimate of drug-likeness (QED) is 0.682. The van der Waals surface area contributed by atoms with Crippen molar-refractivity contribution in [1.82, 2.24) is 15.0 Å². The summed E-state index contributed by atoms with van der Waals surface area (Å²) in [6.45, 7) is 8.50. The molecule has 9 heteroatoms. The molecule has 3 rings (SSSR count). The van der Waals surface area contributed by atoms with Gasteiger partial charge in [-0.25, -0.2) is 4.79 Å². The van der Waals surface area contributed by atoms with Gasteiger partial charge in [-0.1, -0.05) is 15.9 Å². The van der Waals surface area contributed by atoms with Crippen molar-refractivity contribution < 1.29 is 14.1 Å². The Hall–Kier alpha value is -2.55. The highest BCUT2D eigenvalue weighted by Gasteiger charge is 2.23. The van der Waals surface area contributed by atoms with E-state index in [1.165, 1.54) is 11.7 Å². The molecule has 1 aliphatic heterocycles. The van der Waals surface area contributed by atoms with Crippen molar-refractivity contribution in [1.29, 1.82) is 0 Å². The summed E-state index contributed by atoms with van der Waals surface area (Å²) in [7, 11) is 0. The van der Waals surface area contributed by atoms with Crippen LogP contribution in [0.4, 0.5) is 5.69 Å². The number of alkyl halides is 1. The molecule has 0 saturated carbocycles. The van der Waals surface area contributed by atoms with Crippen LogP contribution in [0, 0.1) is 13.8 Å². The number of halogens is 1. The monoisotopic (exact) mass is 464 g/mol. The van der Waals surface area contributed by atoms with Crippen molar-refractivity contribution in [2.45, 2.75) is 27.4 Å². The molecule has 29 heavy (non-hydrogen) atoms. The molecule has 2 heterocycles. The van der Waals surface area contributed by atoms with Gasteiger partial charge in [0, 0.05) is 38.8 Å². The Bertz CT molecular complexity index is 950. The number of nitrogens with one attached hydrogen (secondary N) is 1. The Morgan fingerprint density at radius 1 is 1.14 bits per heavy atom. The normalized spacial score (nSPS) is 14.2. The van der Waals surface area contributed by atoms with Gasteiger partial charge in [0.25, 0.3) is 0 Å². The van der Waals surface area contributed by atoms with Crippen molar-refractivity contribution in [3.63, 3.8) is 0 Å². The first-order valence-electron chi connectivity index (χ1n) is 9.45. The molecule has 0 radical (unpaired) electrons. The molecule has 2 aromatic rings. The summed E-state index contributed by atoms with van der Waals surface area (Å²) in [6, 6.07) is 3.96. The first-order chi connectivity index (χ1) is 13.8. The minimum absolute atomic E-state index is 0.109. The Balaban J connectivity index is 1.81. The van der Waals surface area contributed by atoms with Crippen LogP contribution < -0.4 is 15.8 Å². The van der Waals surface area contributed by atoms with Crippen LogP contribution in [0.1, 0.15) is 18.1 Å².